The zero-order valence-electron chi connectivity index (χ0n) is 17.5. The number of hydrogen-bond acceptors (Lipinski definition) is 4. The summed E-state index contributed by atoms with van der Waals surface area (Å²) in [6, 6.07) is 13.3. The van der Waals surface area contributed by atoms with Gasteiger partial charge in [0.05, 0.1) is 22.3 Å². The molecule has 32 heavy (non-hydrogen) atoms. The van der Waals surface area contributed by atoms with Crippen LogP contribution in [0.25, 0.3) is 16.4 Å². The van der Waals surface area contributed by atoms with E-state index >= 15 is 0 Å². The number of nitrogens with zero attached hydrogens (tertiary/aromatic N) is 2. The van der Waals surface area contributed by atoms with Crippen molar-refractivity contribution >= 4 is 26.5 Å². The summed E-state index contributed by atoms with van der Waals surface area (Å²) in [5.74, 6) is 2.12. The minimum Gasteiger partial charge on any atom is -0.457 e. The highest BCUT2D eigenvalue weighted by Crippen LogP contribution is 2.48. The van der Waals surface area contributed by atoms with Crippen molar-refractivity contribution in [2.45, 2.75) is 49.4 Å². The lowest BCUT2D eigenvalue weighted by molar-refractivity contribution is 0.211. The largest absolute Gasteiger partial charge is 0.457 e. The fourth-order valence-corrected chi connectivity index (χ4v) is 7.47. The maximum absolute atomic E-state index is 11.7. The van der Waals surface area contributed by atoms with Crippen molar-refractivity contribution in [3.8, 4) is 5.75 Å². The van der Waals surface area contributed by atoms with Crippen molar-refractivity contribution in [3.05, 3.63) is 71.8 Å². The second kappa shape index (κ2) is 6.39. The molecule has 7 heteroatoms. The summed E-state index contributed by atoms with van der Waals surface area (Å²) in [7, 11) is -3.97. The fraction of sp³-hybridized carbons (Fsp3) is 0.360. The third-order valence-corrected chi connectivity index (χ3v) is 9.29. The first-order valence-electron chi connectivity index (χ1n) is 11.3. The Morgan fingerprint density at radius 1 is 1.06 bits per heavy atom. The molecule has 1 N–H and O–H groups in total. The molecule has 1 aliphatic carbocycles. The van der Waals surface area contributed by atoms with Crippen molar-refractivity contribution in [2.24, 2.45) is 5.92 Å². The fourth-order valence-electron chi connectivity index (χ4n) is 6.55. The van der Waals surface area contributed by atoms with Gasteiger partial charge in [0.15, 0.2) is 0 Å². The molecule has 3 aliphatic heterocycles. The van der Waals surface area contributed by atoms with Gasteiger partial charge in [-0.3, -0.25) is 4.55 Å². The topological polar surface area (TPSA) is 71.2 Å². The minimum absolute atomic E-state index is 0.225. The summed E-state index contributed by atoms with van der Waals surface area (Å²) in [6.07, 6.45) is 9.90. The standard InChI is InChI=1S/C25H24N2O4S/c28-32(29,30)17-5-6-21-16(11-17)13-23-19-14-18-22-12-15-3-1-2-4-20(15)26(22)9-7-24(18)31-25(19)8-10-27(21)23/h1-4,7-10,12,16-17,21,23H,5-6,11,13-14H2,(H,28,29,30). The van der Waals surface area contributed by atoms with Crippen LogP contribution in [-0.4, -0.2) is 39.6 Å². The zero-order chi connectivity index (χ0) is 21.6. The summed E-state index contributed by atoms with van der Waals surface area (Å²) in [4.78, 5) is 2.42. The van der Waals surface area contributed by atoms with Crippen LogP contribution in [-0.2, 0) is 16.5 Å². The Balaban J connectivity index is 1.26. The lowest BCUT2D eigenvalue weighted by Crippen LogP contribution is -2.41. The van der Waals surface area contributed by atoms with Crippen LogP contribution in [0.3, 0.4) is 0 Å². The number of allylic oxidation sites excluding steroid dienone is 1. The van der Waals surface area contributed by atoms with Crippen LogP contribution in [0.5, 0.6) is 5.75 Å². The molecule has 0 amide bonds. The van der Waals surface area contributed by atoms with E-state index in [1.165, 1.54) is 27.6 Å². The molecule has 0 spiro atoms. The van der Waals surface area contributed by atoms with Crippen LogP contribution in [0.2, 0.25) is 0 Å². The maximum Gasteiger partial charge on any atom is 0.267 e. The van der Waals surface area contributed by atoms with Crippen LogP contribution in [0, 0.1) is 5.92 Å². The first-order chi connectivity index (χ1) is 15.5. The average molecular weight is 449 g/mol. The van der Waals surface area contributed by atoms with E-state index < -0.39 is 15.4 Å². The highest BCUT2D eigenvalue weighted by molar-refractivity contribution is 7.86. The number of ether oxygens (including phenoxy) is 1. The Kier molecular flexibility index (Phi) is 3.75. The molecular formula is C25H24N2O4S. The molecule has 4 aliphatic rings. The quantitative estimate of drug-likeness (QED) is 0.562. The Morgan fingerprint density at radius 2 is 1.94 bits per heavy atom. The third kappa shape index (κ3) is 2.58. The average Bonchev–Trinajstić information content (AvgIpc) is 3.35. The number of aromatic nitrogens is 1. The van der Waals surface area contributed by atoms with E-state index in [2.05, 4.69) is 64.2 Å². The van der Waals surface area contributed by atoms with Gasteiger partial charge in [-0.15, -0.1) is 0 Å². The lowest BCUT2D eigenvalue weighted by atomic mass is 9.83. The van der Waals surface area contributed by atoms with Crippen LogP contribution >= 0.6 is 0 Å². The SMILES string of the molecule is O=S(=O)(O)C1CCC2C(CC3C4=C(C=CN32)Oc2ccn3c(cc5ccccc53)c2C4)C1. The Bertz CT molecular complexity index is 1450. The van der Waals surface area contributed by atoms with Crippen molar-refractivity contribution in [3.63, 3.8) is 0 Å². The summed E-state index contributed by atoms with van der Waals surface area (Å²) in [6.45, 7) is 0. The molecule has 1 saturated carbocycles. The highest BCUT2D eigenvalue weighted by atomic mass is 32.2. The number of fused-ring (bicyclic) bond motifs is 9. The molecule has 0 bridgehead atoms. The molecule has 1 aromatic carbocycles. The molecule has 2 aromatic heterocycles. The summed E-state index contributed by atoms with van der Waals surface area (Å²) >= 11 is 0. The van der Waals surface area contributed by atoms with E-state index in [1.807, 2.05) is 0 Å². The summed E-state index contributed by atoms with van der Waals surface area (Å²) in [5, 5.41) is 0.590. The van der Waals surface area contributed by atoms with Gasteiger partial charge in [0, 0.05) is 35.8 Å². The van der Waals surface area contributed by atoms with Gasteiger partial charge in [0.2, 0.25) is 0 Å². The first kappa shape index (κ1) is 18.8. The Morgan fingerprint density at radius 3 is 2.81 bits per heavy atom. The van der Waals surface area contributed by atoms with E-state index in [0.717, 1.165) is 30.8 Å². The van der Waals surface area contributed by atoms with Gasteiger partial charge in [0.25, 0.3) is 10.1 Å². The molecule has 0 radical (unpaired) electrons. The molecule has 7 rings (SSSR count). The molecular weight excluding hydrogens is 424 g/mol. The van der Waals surface area contributed by atoms with Crippen molar-refractivity contribution in [1.82, 2.24) is 9.30 Å². The van der Waals surface area contributed by atoms with Gasteiger partial charge in [-0.25, -0.2) is 0 Å². The molecule has 6 nitrogen and oxygen atoms in total. The Labute approximate surface area is 186 Å². The van der Waals surface area contributed by atoms with Crippen LogP contribution in [0.4, 0.5) is 0 Å². The molecule has 164 valence electrons. The summed E-state index contributed by atoms with van der Waals surface area (Å²) < 4.78 is 41.7. The van der Waals surface area contributed by atoms with Crippen molar-refractivity contribution < 1.29 is 17.7 Å². The predicted octanol–water partition coefficient (Wildman–Crippen LogP) is 4.31. The molecule has 1 saturated heterocycles. The van der Waals surface area contributed by atoms with Crippen LogP contribution in [0.1, 0.15) is 31.2 Å². The normalized spacial score (nSPS) is 29.0. The lowest BCUT2D eigenvalue weighted by Gasteiger charge is -2.38. The zero-order valence-corrected chi connectivity index (χ0v) is 18.3. The molecule has 2 fully saturated rings. The number of benzene rings is 1. The van der Waals surface area contributed by atoms with Gasteiger partial charge >= 0.3 is 0 Å². The van der Waals surface area contributed by atoms with E-state index in [4.69, 9.17) is 4.74 Å². The molecule has 5 heterocycles. The van der Waals surface area contributed by atoms with Gasteiger partial charge in [-0.2, -0.15) is 8.42 Å². The number of para-hydroxylation sites is 1. The van der Waals surface area contributed by atoms with E-state index in [1.54, 1.807) is 0 Å². The maximum atomic E-state index is 11.7. The number of pyridine rings is 1. The number of rotatable bonds is 1. The van der Waals surface area contributed by atoms with Crippen LogP contribution in [0.15, 0.2) is 66.2 Å². The van der Waals surface area contributed by atoms with Crippen molar-refractivity contribution in [1.29, 1.82) is 0 Å². The molecule has 3 aromatic rings. The smallest absolute Gasteiger partial charge is 0.267 e. The molecule has 4 atom stereocenters. The minimum atomic E-state index is -3.97. The highest BCUT2D eigenvalue weighted by Gasteiger charge is 2.48. The van der Waals surface area contributed by atoms with Crippen LogP contribution < -0.4 is 4.74 Å². The van der Waals surface area contributed by atoms with E-state index in [9.17, 15) is 13.0 Å². The van der Waals surface area contributed by atoms with Gasteiger partial charge in [0.1, 0.15) is 11.5 Å². The first-order valence-corrected chi connectivity index (χ1v) is 12.8. The van der Waals surface area contributed by atoms with E-state index in [0.29, 0.717) is 18.9 Å². The van der Waals surface area contributed by atoms with Gasteiger partial charge in [-0.1, -0.05) is 18.2 Å². The van der Waals surface area contributed by atoms with Crippen molar-refractivity contribution in [2.75, 3.05) is 0 Å². The predicted molar refractivity (Wildman–Crippen MR) is 122 cm³/mol. The number of hydrogen-bond donors (Lipinski definition) is 1. The second-order valence-electron chi connectivity index (χ2n) is 9.58. The van der Waals surface area contributed by atoms with Gasteiger partial charge < -0.3 is 14.0 Å². The van der Waals surface area contributed by atoms with Gasteiger partial charge in [-0.05, 0) is 61.4 Å². The Hall–Kier alpha value is -2.77. The monoisotopic (exact) mass is 448 g/mol. The second-order valence-corrected chi connectivity index (χ2v) is 11.3. The molecule has 4 unspecified atom stereocenters. The summed E-state index contributed by atoms with van der Waals surface area (Å²) in [5.41, 5.74) is 4.87. The van der Waals surface area contributed by atoms with E-state index in [-0.39, 0.29) is 12.0 Å². The third-order valence-electron chi connectivity index (χ3n) is 8.02.